The van der Waals surface area contributed by atoms with E-state index in [1.807, 2.05) is 44.1 Å². The average Bonchev–Trinajstić information content (AvgIpc) is 2.54. The lowest BCUT2D eigenvalue weighted by Gasteiger charge is -2.22. The van der Waals surface area contributed by atoms with Crippen LogP contribution >= 0.6 is 0 Å². The highest BCUT2D eigenvalue weighted by Crippen LogP contribution is 2.20. The number of nitrogens with zero attached hydrogens (tertiary/aromatic N) is 3. The number of carbonyl (C=O) groups is 2. The van der Waals surface area contributed by atoms with Gasteiger partial charge in [0.05, 0.1) is 25.5 Å². The lowest BCUT2D eigenvalue weighted by atomic mass is 10.1. The van der Waals surface area contributed by atoms with E-state index in [4.69, 9.17) is 10.00 Å². The SMILES string of the molecule is CCOC(=O)CCN(CCC#N)C(=O)c1ccc(N(C)C)c(C)c1. The smallest absolute Gasteiger partial charge is 0.307 e. The van der Waals surface area contributed by atoms with Crippen molar-refractivity contribution in [3.05, 3.63) is 29.3 Å². The number of rotatable bonds is 8. The van der Waals surface area contributed by atoms with Gasteiger partial charge < -0.3 is 14.5 Å². The summed E-state index contributed by atoms with van der Waals surface area (Å²) < 4.78 is 4.90. The molecule has 0 spiro atoms. The van der Waals surface area contributed by atoms with Crippen LogP contribution in [0.25, 0.3) is 0 Å². The van der Waals surface area contributed by atoms with Crippen LogP contribution in [0.5, 0.6) is 0 Å². The van der Waals surface area contributed by atoms with E-state index in [-0.39, 0.29) is 31.3 Å². The quantitative estimate of drug-likeness (QED) is 0.684. The molecular formula is C18H25N3O3. The van der Waals surface area contributed by atoms with Crippen LogP contribution < -0.4 is 4.90 Å². The van der Waals surface area contributed by atoms with Gasteiger partial charge in [-0.2, -0.15) is 5.26 Å². The summed E-state index contributed by atoms with van der Waals surface area (Å²) in [7, 11) is 3.89. The van der Waals surface area contributed by atoms with E-state index in [9.17, 15) is 9.59 Å². The zero-order valence-corrected chi connectivity index (χ0v) is 14.8. The maximum Gasteiger partial charge on any atom is 0.307 e. The van der Waals surface area contributed by atoms with Crippen LogP contribution in [0.1, 0.15) is 35.7 Å². The molecule has 6 heteroatoms. The second-order valence-corrected chi connectivity index (χ2v) is 5.65. The molecule has 0 aliphatic carbocycles. The first-order chi connectivity index (χ1) is 11.4. The van der Waals surface area contributed by atoms with Crippen molar-refractivity contribution >= 4 is 17.6 Å². The predicted octanol–water partition coefficient (Wildman–Crippen LogP) is 2.37. The lowest BCUT2D eigenvalue weighted by molar-refractivity contribution is -0.143. The minimum Gasteiger partial charge on any atom is -0.466 e. The fourth-order valence-corrected chi connectivity index (χ4v) is 2.43. The topological polar surface area (TPSA) is 73.6 Å². The van der Waals surface area contributed by atoms with Crippen LogP contribution in [0.2, 0.25) is 0 Å². The summed E-state index contributed by atoms with van der Waals surface area (Å²) in [6.45, 7) is 4.54. The fourth-order valence-electron chi connectivity index (χ4n) is 2.43. The fraction of sp³-hybridized carbons (Fsp3) is 0.500. The lowest BCUT2D eigenvalue weighted by Crippen LogP contribution is -2.34. The van der Waals surface area contributed by atoms with Gasteiger partial charge in [0.15, 0.2) is 0 Å². The highest BCUT2D eigenvalue weighted by atomic mass is 16.5. The van der Waals surface area contributed by atoms with Crippen molar-refractivity contribution in [3.8, 4) is 6.07 Å². The molecule has 0 aliphatic rings. The summed E-state index contributed by atoms with van der Waals surface area (Å²) in [4.78, 5) is 27.7. The van der Waals surface area contributed by atoms with Gasteiger partial charge in [-0.25, -0.2) is 0 Å². The molecule has 24 heavy (non-hydrogen) atoms. The molecule has 6 nitrogen and oxygen atoms in total. The van der Waals surface area contributed by atoms with Crippen molar-refractivity contribution in [2.75, 3.05) is 38.7 Å². The van der Waals surface area contributed by atoms with Crippen LogP contribution in [0.15, 0.2) is 18.2 Å². The van der Waals surface area contributed by atoms with Gasteiger partial charge in [0.2, 0.25) is 0 Å². The van der Waals surface area contributed by atoms with E-state index in [1.54, 1.807) is 13.0 Å². The molecule has 1 rings (SSSR count). The molecule has 1 amide bonds. The molecule has 0 radical (unpaired) electrons. The molecule has 0 saturated carbocycles. The van der Waals surface area contributed by atoms with E-state index in [1.165, 1.54) is 4.90 Å². The number of amides is 1. The Morgan fingerprint density at radius 3 is 2.50 bits per heavy atom. The zero-order chi connectivity index (χ0) is 18.1. The molecular weight excluding hydrogens is 306 g/mol. The standard InChI is InChI=1S/C18H25N3O3/c1-5-24-17(22)9-12-21(11-6-10-19)18(23)15-7-8-16(20(3)4)14(2)13-15/h7-8,13H,5-6,9,11-12H2,1-4H3. The van der Waals surface area contributed by atoms with E-state index in [2.05, 4.69) is 0 Å². The first-order valence-corrected chi connectivity index (χ1v) is 8.00. The van der Waals surface area contributed by atoms with E-state index >= 15 is 0 Å². The largest absolute Gasteiger partial charge is 0.466 e. The molecule has 130 valence electrons. The van der Waals surface area contributed by atoms with Crippen LogP contribution in [0.3, 0.4) is 0 Å². The number of hydrogen-bond donors (Lipinski definition) is 0. The Bertz CT molecular complexity index is 620. The van der Waals surface area contributed by atoms with Crippen LogP contribution in [0.4, 0.5) is 5.69 Å². The number of nitriles is 1. The maximum atomic E-state index is 12.7. The van der Waals surface area contributed by atoms with Gasteiger partial charge in [0, 0.05) is 38.4 Å². The second-order valence-electron chi connectivity index (χ2n) is 5.65. The second kappa shape index (κ2) is 9.56. The summed E-state index contributed by atoms with van der Waals surface area (Å²) in [6, 6.07) is 7.54. The summed E-state index contributed by atoms with van der Waals surface area (Å²) in [6.07, 6.45) is 0.350. The predicted molar refractivity (Wildman–Crippen MR) is 92.9 cm³/mol. The molecule has 0 fully saturated rings. The number of benzene rings is 1. The molecule has 0 aliphatic heterocycles. The molecule has 0 bridgehead atoms. The van der Waals surface area contributed by atoms with Gasteiger partial charge in [-0.3, -0.25) is 9.59 Å². The third-order valence-electron chi connectivity index (χ3n) is 3.60. The van der Waals surface area contributed by atoms with Crippen molar-refractivity contribution in [1.82, 2.24) is 4.90 Å². The molecule has 0 heterocycles. The number of esters is 1. The Labute approximate surface area is 143 Å². The third-order valence-corrected chi connectivity index (χ3v) is 3.60. The van der Waals surface area contributed by atoms with Crippen LogP contribution in [0, 0.1) is 18.3 Å². The summed E-state index contributed by atoms with van der Waals surface area (Å²) in [5, 5.41) is 8.79. The number of carbonyl (C=O) groups excluding carboxylic acids is 2. The Hall–Kier alpha value is -2.55. The van der Waals surface area contributed by atoms with E-state index in [0.717, 1.165) is 11.3 Å². The Balaban J connectivity index is 2.89. The third kappa shape index (κ3) is 5.58. The van der Waals surface area contributed by atoms with Crippen molar-refractivity contribution in [2.45, 2.75) is 26.7 Å². The molecule has 0 unspecified atom stereocenters. The van der Waals surface area contributed by atoms with Gasteiger partial charge in [-0.1, -0.05) is 0 Å². The first-order valence-electron chi connectivity index (χ1n) is 8.00. The Morgan fingerprint density at radius 1 is 1.25 bits per heavy atom. The normalized spacial score (nSPS) is 9.96. The summed E-state index contributed by atoms with van der Waals surface area (Å²) >= 11 is 0. The van der Waals surface area contributed by atoms with E-state index < -0.39 is 0 Å². The number of aryl methyl sites for hydroxylation is 1. The number of anilines is 1. The highest BCUT2D eigenvalue weighted by molar-refractivity contribution is 5.95. The van der Waals surface area contributed by atoms with Gasteiger partial charge >= 0.3 is 5.97 Å². The molecule has 0 aromatic heterocycles. The van der Waals surface area contributed by atoms with Gasteiger partial charge in [-0.05, 0) is 37.6 Å². The zero-order valence-electron chi connectivity index (χ0n) is 14.8. The van der Waals surface area contributed by atoms with Crippen molar-refractivity contribution in [3.63, 3.8) is 0 Å². The first kappa shape index (κ1) is 19.5. The minimum atomic E-state index is -0.341. The van der Waals surface area contributed by atoms with Crippen molar-refractivity contribution in [1.29, 1.82) is 5.26 Å². The van der Waals surface area contributed by atoms with Crippen LogP contribution in [-0.4, -0.2) is 50.6 Å². The minimum absolute atomic E-state index is 0.125. The van der Waals surface area contributed by atoms with Crippen molar-refractivity contribution < 1.29 is 14.3 Å². The number of ether oxygens (including phenoxy) is 1. The molecule has 0 saturated heterocycles. The summed E-state index contributed by atoms with van der Waals surface area (Å²) in [5.74, 6) is -0.519. The van der Waals surface area contributed by atoms with Gasteiger partial charge in [-0.15, -0.1) is 0 Å². The monoisotopic (exact) mass is 331 g/mol. The van der Waals surface area contributed by atoms with Gasteiger partial charge in [0.25, 0.3) is 5.91 Å². The molecule has 0 atom stereocenters. The van der Waals surface area contributed by atoms with Crippen LogP contribution in [-0.2, 0) is 9.53 Å². The Morgan fingerprint density at radius 2 is 1.96 bits per heavy atom. The molecule has 0 N–H and O–H groups in total. The molecule has 1 aromatic rings. The molecule has 1 aromatic carbocycles. The average molecular weight is 331 g/mol. The number of hydrogen-bond acceptors (Lipinski definition) is 5. The van der Waals surface area contributed by atoms with E-state index in [0.29, 0.717) is 18.7 Å². The Kier molecular flexibility index (Phi) is 7.76. The maximum absolute atomic E-state index is 12.7. The summed E-state index contributed by atoms with van der Waals surface area (Å²) in [5.41, 5.74) is 2.60. The van der Waals surface area contributed by atoms with Crippen molar-refractivity contribution in [2.24, 2.45) is 0 Å². The highest BCUT2D eigenvalue weighted by Gasteiger charge is 2.18. The van der Waals surface area contributed by atoms with Gasteiger partial charge in [0.1, 0.15) is 0 Å².